The number of hydrogen-bond donors (Lipinski definition) is 2. The molecule has 5 unspecified atom stereocenters. The number of benzene rings is 1. The fourth-order valence-electron chi connectivity index (χ4n) is 12.3. The topological polar surface area (TPSA) is 133 Å². The molecule has 1 aliphatic heterocycles. The van der Waals surface area contributed by atoms with E-state index in [1.807, 2.05) is 6.07 Å². The van der Waals surface area contributed by atoms with E-state index < -0.39 is 64.8 Å². The summed E-state index contributed by atoms with van der Waals surface area (Å²) in [4.78, 5) is 29.2. The van der Waals surface area contributed by atoms with Gasteiger partial charge in [-0.2, -0.15) is 0 Å². The SMILES string of the molecule is COC[C@@]12CC[C@@H](OC)[C@@]34C5C[C@]6(O)C(OC)C(O)[C@@](OC(C)=O)(C5[C@H]6OC(=O)c5ccccc5)[C@@H]([C@H](OC)C13)[C@H]4N(C)C2. The molecule has 7 rings (SSSR count). The molecule has 44 heavy (non-hydrogen) atoms. The van der Waals surface area contributed by atoms with E-state index >= 15 is 0 Å². The molecule has 14 atom stereocenters. The van der Waals surface area contributed by atoms with Crippen LogP contribution < -0.4 is 0 Å². The van der Waals surface area contributed by atoms with Crippen molar-refractivity contribution in [2.45, 2.75) is 73.9 Å². The zero-order valence-corrected chi connectivity index (χ0v) is 26.3. The van der Waals surface area contributed by atoms with Gasteiger partial charge in [0.25, 0.3) is 0 Å². The lowest BCUT2D eigenvalue weighted by atomic mass is 9.43. The van der Waals surface area contributed by atoms with Gasteiger partial charge in [0.15, 0.2) is 5.60 Å². The van der Waals surface area contributed by atoms with Crippen LogP contribution in [-0.2, 0) is 33.2 Å². The van der Waals surface area contributed by atoms with E-state index in [4.69, 9.17) is 28.4 Å². The molecular weight excluding hydrogens is 570 g/mol. The fourth-order valence-corrected chi connectivity index (χ4v) is 12.3. The predicted octanol–water partition coefficient (Wildman–Crippen LogP) is 1.29. The number of carbonyl (C=O) groups excluding carboxylic acids is 2. The van der Waals surface area contributed by atoms with Crippen molar-refractivity contribution in [3.05, 3.63) is 35.9 Å². The Kier molecular flexibility index (Phi) is 7.07. The third-order valence-electron chi connectivity index (χ3n) is 12.8. The maximum atomic E-state index is 13.7. The summed E-state index contributed by atoms with van der Waals surface area (Å²) in [5.41, 5.74) is -3.93. The lowest BCUT2D eigenvalue weighted by Crippen LogP contribution is -2.80. The number of ether oxygens (including phenoxy) is 6. The summed E-state index contributed by atoms with van der Waals surface area (Å²) in [7, 11) is 8.63. The molecular formula is C33H45NO10. The molecule has 7 bridgehead atoms. The van der Waals surface area contributed by atoms with Crippen molar-refractivity contribution in [2.24, 2.45) is 34.5 Å². The summed E-state index contributed by atoms with van der Waals surface area (Å²) in [6.07, 6.45) is -2.66. The van der Waals surface area contributed by atoms with E-state index in [2.05, 4.69) is 11.9 Å². The smallest absolute Gasteiger partial charge is 0.338 e. The van der Waals surface area contributed by atoms with Gasteiger partial charge in [0.1, 0.15) is 23.9 Å². The minimum absolute atomic E-state index is 0.103. The molecule has 6 fully saturated rings. The van der Waals surface area contributed by atoms with Crippen LogP contribution >= 0.6 is 0 Å². The van der Waals surface area contributed by atoms with Gasteiger partial charge in [-0.25, -0.2) is 4.79 Å². The van der Waals surface area contributed by atoms with Gasteiger partial charge in [0.05, 0.1) is 24.4 Å². The molecule has 1 aromatic carbocycles. The summed E-state index contributed by atoms with van der Waals surface area (Å²) in [6.45, 7) is 2.56. The molecule has 11 heteroatoms. The van der Waals surface area contributed by atoms with Crippen LogP contribution in [0.15, 0.2) is 30.3 Å². The quantitative estimate of drug-likeness (QED) is 0.410. The van der Waals surface area contributed by atoms with Gasteiger partial charge in [-0.05, 0) is 44.4 Å². The summed E-state index contributed by atoms with van der Waals surface area (Å²) in [6, 6.07) is 8.39. The van der Waals surface area contributed by atoms with Gasteiger partial charge in [-0.15, -0.1) is 0 Å². The third-order valence-corrected chi connectivity index (χ3v) is 12.8. The first-order valence-corrected chi connectivity index (χ1v) is 15.7. The second kappa shape index (κ2) is 10.2. The Morgan fingerprint density at radius 2 is 1.75 bits per heavy atom. The zero-order chi connectivity index (χ0) is 31.4. The van der Waals surface area contributed by atoms with Crippen molar-refractivity contribution >= 4 is 11.9 Å². The number of nitrogens with zero attached hydrogens (tertiary/aromatic N) is 1. The van der Waals surface area contributed by atoms with Crippen molar-refractivity contribution in [2.75, 3.05) is 48.6 Å². The molecule has 5 aliphatic carbocycles. The van der Waals surface area contributed by atoms with Crippen LogP contribution in [0.1, 0.15) is 36.5 Å². The monoisotopic (exact) mass is 615 g/mol. The highest BCUT2D eigenvalue weighted by molar-refractivity contribution is 5.89. The first-order chi connectivity index (χ1) is 21.0. The number of rotatable bonds is 8. The Morgan fingerprint density at radius 1 is 1.02 bits per heavy atom. The molecule has 1 spiro atoms. The summed E-state index contributed by atoms with van der Waals surface area (Å²) >= 11 is 0. The molecule has 1 aromatic rings. The summed E-state index contributed by atoms with van der Waals surface area (Å²) in [5.74, 6) is -2.96. The van der Waals surface area contributed by atoms with Crippen LogP contribution in [0.5, 0.6) is 0 Å². The largest absolute Gasteiger partial charge is 0.455 e. The maximum absolute atomic E-state index is 13.7. The molecule has 6 aliphatic rings. The summed E-state index contributed by atoms with van der Waals surface area (Å²) < 4.78 is 37.5. The van der Waals surface area contributed by atoms with Gasteiger partial charge in [-0.3, -0.25) is 4.79 Å². The fraction of sp³-hybridized carbons (Fsp3) is 0.758. The Balaban J connectivity index is 1.51. The number of aliphatic hydroxyl groups excluding tert-OH is 1. The highest BCUT2D eigenvalue weighted by atomic mass is 16.6. The van der Waals surface area contributed by atoms with Crippen LogP contribution in [0.2, 0.25) is 0 Å². The number of hydrogen-bond acceptors (Lipinski definition) is 11. The van der Waals surface area contributed by atoms with E-state index in [0.717, 1.165) is 19.4 Å². The Morgan fingerprint density at radius 3 is 2.36 bits per heavy atom. The molecule has 5 saturated carbocycles. The van der Waals surface area contributed by atoms with Crippen molar-refractivity contribution in [3.8, 4) is 0 Å². The predicted molar refractivity (Wildman–Crippen MR) is 154 cm³/mol. The third kappa shape index (κ3) is 3.41. The molecule has 1 heterocycles. The number of methoxy groups -OCH3 is 4. The normalized spacial score (nSPS) is 49.9. The molecule has 11 nitrogen and oxygen atoms in total. The van der Waals surface area contributed by atoms with E-state index in [0.29, 0.717) is 12.2 Å². The molecule has 1 saturated heterocycles. The molecule has 242 valence electrons. The van der Waals surface area contributed by atoms with Crippen LogP contribution in [-0.4, -0.2) is 123 Å². The van der Waals surface area contributed by atoms with Gasteiger partial charge in [-0.1, -0.05) is 18.2 Å². The van der Waals surface area contributed by atoms with Crippen LogP contribution in [0.3, 0.4) is 0 Å². The maximum Gasteiger partial charge on any atom is 0.338 e. The zero-order valence-electron chi connectivity index (χ0n) is 26.3. The van der Waals surface area contributed by atoms with Crippen molar-refractivity contribution < 1.29 is 48.2 Å². The van der Waals surface area contributed by atoms with Crippen LogP contribution in [0.25, 0.3) is 0 Å². The number of piperidine rings is 1. The minimum Gasteiger partial charge on any atom is -0.455 e. The lowest BCUT2D eigenvalue weighted by Gasteiger charge is -2.69. The van der Waals surface area contributed by atoms with Crippen molar-refractivity contribution in [1.29, 1.82) is 0 Å². The van der Waals surface area contributed by atoms with E-state index in [-0.39, 0.29) is 35.8 Å². The van der Waals surface area contributed by atoms with Gasteiger partial charge >= 0.3 is 11.9 Å². The van der Waals surface area contributed by atoms with Gasteiger partial charge in [0, 0.05) is 76.5 Å². The summed E-state index contributed by atoms with van der Waals surface area (Å²) in [5, 5.41) is 25.1. The Labute approximate surface area is 258 Å². The first-order valence-electron chi connectivity index (χ1n) is 15.7. The van der Waals surface area contributed by atoms with Crippen molar-refractivity contribution in [1.82, 2.24) is 4.90 Å². The minimum atomic E-state index is -1.76. The average Bonchev–Trinajstić information content (AvgIpc) is 3.39. The average molecular weight is 616 g/mol. The van der Waals surface area contributed by atoms with Crippen LogP contribution in [0.4, 0.5) is 0 Å². The highest BCUT2D eigenvalue weighted by Crippen LogP contribution is 2.80. The Hall–Kier alpha value is -2.12. The van der Waals surface area contributed by atoms with Gasteiger partial charge in [0.2, 0.25) is 0 Å². The number of aliphatic hydroxyl groups is 2. The standard InChI is InChI=1S/C33H45NO10/c1-17(35)44-33-21-19(14-31(38,28(42-6)26(33)36)27(21)43-29(37)18-10-8-7-9-11-18)32-20(40-4)12-13-30(16-39-3)15-34(2)25(32)22(33)23(41-5)24(30)32/h7-11,19-28,36,38H,12-16H2,1-6H3/t19?,20-,21?,22+,23+,24?,25-,26?,27-,28?,30+,31-,32+,33-/m1/s1. The molecule has 0 aromatic heterocycles. The number of likely N-dealkylation sites (tertiary alicyclic amines) is 1. The molecule has 0 amide bonds. The first kappa shape index (κ1) is 30.5. The number of fused-ring (bicyclic) bond motifs is 2. The second-order valence-corrected chi connectivity index (χ2v) is 14.2. The second-order valence-electron chi connectivity index (χ2n) is 14.2. The molecule has 0 radical (unpaired) electrons. The Bertz CT molecular complexity index is 1310. The lowest BCUT2D eigenvalue weighted by molar-refractivity contribution is -0.316. The number of carbonyl (C=O) groups is 2. The number of esters is 2. The van der Waals surface area contributed by atoms with E-state index in [1.165, 1.54) is 14.0 Å². The van der Waals surface area contributed by atoms with E-state index in [1.54, 1.807) is 45.6 Å². The van der Waals surface area contributed by atoms with Gasteiger partial charge < -0.3 is 43.5 Å². The highest BCUT2D eigenvalue weighted by Gasteiger charge is 2.91. The van der Waals surface area contributed by atoms with E-state index in [9.17, 15) is 19.8 Å². The molecule has 2 N–H and O–H groups in total. The van der Waals surface area contributed by atoms with Crippen molar-refractivity contribution in [3.63, 3.8) is 0 Å². The van der Waals surface area contributed by atoms with Crippen LogP contribution in [0, 0.1) is 34.5 Å².